The molecule has 2 rings (SSSR count). The second kappa shape index (κ2) is 11.6. The van der Waals surface area contributed by atoms with Gasteiger partial charge in [0.05, 0.1) is 4.47 Å². The van der Waals surface area contributed by atoms with Crippen LogP contribution in [-0.2, 0) is 16.1 Å². The molecule has 0 heterocycles. The van der Waals surface area contributed by atoms with Crippen molar-refractivity contribution in [1.29, 1.82) is 0 Å². The van der Waals surface area contributed by atoms with Crippen molar-refractivity contribution in [2.75, 3.05) is 6.61 Å². The number of nitrogens with one attached hydrogen (secondary N) is 1. The number of amides is 2. The second-order valence-corrected chi connectivity index (χ2v) is 8.76. The highest BCUT2D eigenvalue weighted by atomic mass is 79.9. The maximum absolute atomic E-state index is 13.1. The minimum atomic E-state index is -0.645. The van der Waals surface area contributed by atoms with Crippen LogP contribution in [0.1, 0.15) is 32.8 Å². The number of ether oxygens (including phenoxy) is 1. The topological polar surface area (TPSA) is 58.6 Å². The van der Waals surface area contributed by atoms with Crippen LogP contribution >= 0.6 is 39.1 Å². The van der Waals surface area contributed by atoms with Gasteiger partial charge in [0, 0.05) is 22.6 Å². The first-order valence-electron chi connectivity index (χ1n) is 9.64. The first-order valence-corrected chi connectivity index (χ1v) is 11.2. The van der Waals surface area contributed by atoms with E-state index in [1.54, 1.807) is 24.3 Å². The first kappa shape index (κ1) is 24.5. The van der Waals surface area contributed by atoms with Gasteiger partial charge < -0.3 is 15.0 Å². The molecule has 0 saturated carbocycles. The van der Waals surface area contributed by atoms with Gasteiger partial charge in [0.15, 0.2) is 6.61 Å². The Balaban J connectivity index is 2.25. The number of hydrogen-bond donors (Lipinski definition) is 1. The molecule has 0 fully saturated rings. The van der Waals surface area contributed by atoms with Crippen LogP contribution < -0.4 is 10.1 Å². The summed E-state index contributed by atoms with van der Waals surface area (Å²) in [5, 5.41) is 3.98. The van der Waals surface area contributed by atoms with E-state index in [0.29, 0.717) is 26.7 Å². The van der Waals surface area contributed by atoms with Gasteiger partial charge in [-0.15, -0.1) is 0 Å². The summed E-state index contributed by atoms with van der Waals surface area (Å²) in [4.78, 5) is 27.4. The van der Waals surface area contributed by atoms with Gasteiger partial charge >= 0.3 is 0 Å². The highest BCUT2D eigenvalue weighted by Crippen LogP contribution is 2.28. The summed E-state index contributed by atoms with van der Waals surface area (Å²) in [7, 11) is 0. The number of hydrogen-bond acceptors (Lipinski definition) is 3. The Labute approximate surface area is 195 Å². The molecular weight excluding hydrogens is 491 g/mol. The predicted octanol–water partition coefficient (Wildman–Crippen LogP) is 5.47. The van der Waals surface area contributed by atoms with Gasteiger partial charge in [-0.1, -0.05) is 48.3 Å². The molecule has 0 aromatic heterocycles. The van der Waals surface area contributed by atoms with Crippen LogP contribution in [0.5, 0.6) is 5.75 Å². The molecule has 0 spiro atoms. The third-order valence-electron chi connectivity index (χ3n) is 4.36. The third kappa shape index (κ3) is 6.89. The highest BCUT2D eigenvalue weighted by molar-refractivity contribution is 9.10. The van der Waals surface area contributed by atoms with Crippen LogP contribution in [-0.4, -0.2) is 35.4 Å². The molecule has 8 heteroatoms. The quantitative estimate of drug-likeness (QED) is 0.482. The van der Waals surface area contributed by atoms with E-state index in [-0.39, 0.29) is 31.0 Å². The van der Waals surface area contributed by atoms with E-state index in [1.807, 2.05) is 39.0 Å². The molecule has 0 aliphatic carbocycles. The van der Waals surface area contributed by atoms with Gasteiger partial charge in [-0.05, 0) is 66.0 Å². The Hall–Kier alpha value is -1.76. The fraction of sp³-hybridized carbons (Fsp3) is 0.364. The number of nitrogens with zero attached hydrogens (tertiary/aromatic N) is 1. The zero-order valence-electron chi connectivity index (χ0n) is 17.1. The summed E-state index contributed by atoms with van der Waals surface area (Å²) in [5.74, 6) is -0.0340. The summed E-state index contributed by atoms with van der Waals surface area (Å²) >= 11 is 15.6. The summed E-state index contributed by atoms with van der Waals surface area (Å²) in [6, 6.07) is 11.6. The minimum Gasteiger partial charge on any atom is -0.483 e. The summed E-state index contributed by atoms with van der Waals surface area (Å²) < 4.78 is 6.34. The maximum Gasteiger partial charge on any atom is 0.261 e. The van der Waals surface area contributed by atoms with E-state index in [4.69, 9.17) is 27.9 Å². The van der Waals surface area contributed by atoms with Crippen LogP contribution in [0.25, 0.3) is 0 Å². The molecule has 0 unspecified atom stereocenters. The molecule has 1 atom stereocenters. The minimum absolute atomic E-state index is 0.0370. The smallest absolute Gasteiger partial charge is 0.261 e. The molecule has 2 amide bonds. The zero-order chi connectivity index (χ0) is 22.3. The SMILES string of the molecule is CC[C@@H](C(=O)NC(C)C)N(Cc1ccccc1Cl)C(=O)COc1ccc(Cl)cc1Br. The Kier molecular flexibility index (Phi) is 9.46. The van der Waals surface area contributed by atoms with Crippen molar-refractivity contribution < 1.29 is 14.3 Å². The lowest BCUT2D eigenvalue weighted by Crippen LogP contribution is -2.51. The van der Waals surface area contributed by atoms with E-state index in [1.165, 1.54) is 4.90 Å². The van der Waals surface area contributed by atoms with Crippen molar-refractivity contribution in [1.82, 2.24) is 10.2 Å². The van der Waals surface area contributed by atoms with Gasteiger partial charge in [0.1, 0.15) is 11.8 Å². The average Bonchev–Trinajstić information content (AvgIpc) is 2.67. The second-order valence-electron chi connectivity index (χ2n) is 7.06. The van der Waals surface area contributed by atoms with E-state index >= 15 is 0 Å². The molecule has 30 heavy (non-hydrogen) atoms. The van der Waals surface area contributed by atoms with Crippen molar-refractivity contribution in [3.05, 3.63) is 62.5 Å². The van der Waals surface area contributed by atoms with Crippen LogP contribution in [0.3, 0.4) is 0 Å². The highest BCUT2D eigenvalue weighted by Gasteiger charge is 2.29. The van der Waals surface area contributed by atoms with Gasteiger partial charge in [0.2, 0.25) is 5.91 Å². The van der Waals surface area contributed by atoms with E-state index in [2.05, 4.69) is 21.2 Å². The lowest BCUT2D eigenvalue weighted by Gasteiger charge is -2.31. The number of carbonyl (C=O) groups excluding carboxylic acids is 2. The van der Waals surface area contributed by atoms with Crippen molar-refractivity contribution in [3.63, 3.8) is 0 Å². The van der Waals surface area contributed by atoms with Crippen LogP contribution in [0.2, 0.25) is 10.0 Å². The normalized spacial score (nSPS) is 11.8. The van der Waals surface area contributed by atoms with Gasteiger partial charge in [-0.2, -0.15) is 0 Å². The Bertz CT molecular complexity index is 892. The Morgan fingerprint density at radius 2 is 1.87 bits per heavy atom. The van der Waals surface area contributed by atoms with Crippen LogP contribution in [0.15, 0.2) is 46.9 Å². The molecule has 0 radical (unpaired) electrons. The Morgan fingerprint density at radius 1 is 1.17 bits per heavy atom. The standard InChI is InChI=1S/C22H25BrCl2N2O3/c1-4-19(22(29)26-14(2)3)27(12-15-7-5-6-8-18(15)25)21(28)13-30-20-10-9-16(24)11-17(20)23/h5-11,14,19H,4,12-13H2,1-3H3,(H,26,29)/t19-/m0/s1. The molecule has 5 nitrogen and oxygen atoms in total. The molecule has 0 aliphatic rings. The number of rotatable bonds is 9. The predicted molar refractivity (Wildman–Crippen MR) is 124 cm³/mol. The molecule has 1 N–H and O–H groups in total. The average molecular weight is 516 g/mol. The molecule has 0 saturated heterocycles. The first-order chi connectivity index (χ1) is 14.2. The summed E-state index contributed by atoms with van der Waals surface area (Å²) in [6.07, 6.45) is 0.458. The van der Waals surface area contributed by atoms with E-state index < -0.39 is 6.04 Å². The lowest BCUT2D eigenvalue weighted by atomic mass is 10.1. The summed E-state index contributed by atoms with van der Waals surface area (Å²) in [6.45, 7) is 5.61. The number of halogens is 3. The zero-order valence-corrected chi connectivity index (χ0v) is 20.2. The third-order valence-corrected chi connectivity index (χ3v) is 5.58. The number of carbonyl (C=O) groups is 2. The van der Waals surface area contributed by atoms with Crippen LogP contribution in [0.4, 0.5) is 0 Å². The maximum atomic E-state index is 13.1. The Morgan fingerprint density at radius 3 is 2.47 bits per heavy atom. The summed E-state index contributed by atoms with van der Waals surface area (Å²) in [5.41, 5.74) is 0.760. The van der Waals surface area contributed by atoms with Crippen LogP contribution in [0, 0.1) is 0 Å². The number of benzene rings is 2. The van der Waals surface area contributed by atoms with Crippen molar-refractivity contribution in [2.45, 2.75) is 45.8 Å². The molecule has 0 bridgehead atoms. The monoisotopic (exact) mass is 514 g/mol. The fourth-order valence-corrected chi connectivity index (χ4v) is 3.92. The largest absolute Gasteiger partial charge is 0.483 e. The molecule has 2 aromatic rings. The van der Waals surface area contributed by atoms with Gasteiger partial charge in [-0.3, -0.25) is 9.59 Å². The molecule has 162 valence electrons. The fourth-order valence-electron chi connectivity index (χ4n) is 2.93. The van der Waals surface area contributed by atoms with E-state index in [0.717, 1.165) is 5.56 Å². The van der Waals surface area contributed by atoms with Crippen molar-refractivity contribution in [3.8, 4) is 5.75 Å². The van der Waals surface area contributed by atoms with Crippen molar-refractivity contribution in [2.24, 2.45) is 0 Å². The van der Waals surface area contributed by atoms with E-state index in [9.17, 15) is 9.59 Å². The molecule has 0 aliphatic heterocycles. The van der Waals surface area contributed by atoms with Crippen molar-refractivity contribution >= 4 is 50.9 Å². The molecule has 2 aromatic carbocycles. The molecular formula is C22H25BrCl2N2O3. The van der Waals surface area contributed by atoms with Gasteiger partial charge in [0.25, 0.3) is 5.91 Å². The van der Waals surface area contributed by atoms with Gasteiger partial charge in [-0.25, -0.2) is 0 Å². The lowest BCUT2D eigenvalue weighted by molar-refractivity contribution is -0.143.